The van der Waals surface area contributed by atoms with Crippen molar-refractivity contribution in [2.45, 2.75) is 0 Å². The number of halogens is 1. The van der Waals surface area contributed by atoms with Gasteiger partial charge in [-0.15, -0.1) is 0 Å². The Hall–Kier alpha value is -2.37. The summed E-state index contributed by atoms with van der Waals surface area (Å²) < 4.78 is 18.0. The molecule has 0 fully saturated rings. The van der Waals surface area contributed by atoms with Crippen molar-refractivity contribution in [1.82, 2.24) is 9.78 Å². The maximum atomic E-state index is 11.9. The first-order chi connectivity index (χ1) is 8.70. The Morgan fingerprint density at radius 2 is 2.06 bits per heavy atom. The molecule has 0 unspecified atom stereocenters. The number of hydrogen-bond acceptors (Lipinski definition) is 4. The van der Waals surface area contributed by atoms with Gasteiger partial charge in [-0.3, -0.25) is 0 Å². The van der Waals surface area contributed by atoms with E-state index >= 15 is 0 Å². The molecule has 0 spiro atoms. The normalized spacial score (nSPS) is 10.3. The number of nitrogen functional groups attached to an aromatic ring is 1. The lowest BCUT2D eigenvalue weighted by Crippen LogP contribution is -2.09. The first-order valence-electron chi connectivity index (χ1n) is 5.35. The van der Waals surface area contributed by atoms with Gasteiger partial charge in [0.15, 0.2) is 5.69 Å². The Labute approximate surface area is 103 Å². The number of aromatic nitrogens is 2. The predicted octanol–water partition coefficient (Wildman–Crippen LogP) is 1.58. The third kappa shape index (κ3) is 2.65. The van der Waals surface area contributed by atoms with E-state index in [-0.39, 0.29) is 12.3 Å². The Balaban J connectivity index is 2.15. The zero-order valence-corrected chi connectivity index (χ0v) is 9.54. The summed E-state index contributed by atoms with van der Waals surface area (Å²) in [7, 11) is 0. The predicted molar refractivity (Wildman–Crippen MR) is 64.2 cm³/mol. The molecule has 0 aliphatic rings. The summed E-state index contributed by atoms with van der Waals surface area (Å²) in [6, 6.07) is 8.53. The molecule has 5 nitrogen and oxygen atoms in total. The monoisotopic (exact) mass is 249 g/mol. The smallest absolute Gasteiger partial charge is 0.358 e. The quantitative estimate of drug-likeness (QED) is 0.659. The van der Waals surface area contributed by atoms with E-state index in [1.165, 1.54) is 10.7 Å². The first kappa shape index (κ1) is 12.1. The van der Waals surface area contributed by atoms with Crippen molar-refractivity contribution in [3.8, 4) is 5.69 Å². The van der Waals surface area contributed by atoms with Crippen molar-refractivity contribution in [2.24, 2.45) is 0 Å². The van der Waals surface area contributed by atoms with Crippen LogP contribution in [0.15, 0.2) is 36.5 Å². The number of nitrogens with zero attached hydrogens (tertiary/aromatic N) is 2. The van der Waals surface area contributed by atoms with Crippen LogP contribution in [0.3, 0.4) is 0 Å². The number of nitrogens with two attached hydrogens (primary N) is 1. The molecule has 2 N–H and O–H groups in total. The van der Waals surface area contributed by atoms with E-state index in [1.807, 2.05) is 0 Å². The third-order valence-electron chi connectivity index (χ3n) is 2.27. The van der Waals surface area contributed by atoms with Crippen LogP contribution in [0.1, 0.15) is 10.5 Å². The van der Waals surface area contributed by atoms with Gasteiger partial charge in [0, 0.05) is 11.9 Å². The van der Waals surface area contributed by atoms with Crippen molar-refractivity contribution in [2.75, 3.05) is 19.0 Å². The van der Waals surface area contributed by atoms with Gasteiger partial charge in [0.2, 0.25) is 0 Å². The second kappa shape index (κ2) is 5.31. The highest BCUT2D eigenvalue weighted by Gasteiger charge is 2.11. The van der Waals surface area contributed by atoms with Crippen LogP contribution in [0.25, 0.3) is 5.69 Å². The van der Waals surface area contributed by atoms with E-state index in [0.717, 1.165) is 5.69 Å². The lowest BCUT2D eigenvalue weighted by molar-refractivity contribution is 0.0474. The molecule has 6 heteroatoms. The lowest BCUT2D eigenvalue weighted by Gasteiger charge is -2.01. The fourth-order valence-electron chi connectivity index (χ4n) is 1.41. The van der Waals surface area contributed by atoms with E-state index < -0.39 is 12.6 Å². The van der Waals surface area contributed by atoms with Gasteiger partial charge in [0.25, 0.3) is 0 Å². The van der Waals surface area contributed by atoms with Crippen LogP contribution in [-0.4, -0.2) is 29.0 Å². The van der Waals surface area contributed by atoms with Crippen LogP contribution < -0.4 is 5.73 Å². The molecule has 2 rings (SSSR count). The zero-order valence-electron chi connectivity index (χ0n) is 9.54. The molecule has 0 saturated heterocycles. The fourth-order valence-corrected chi connectivity index (χ4v) is 1.41. The minimum atomic E-state index is -0.704. The second-order valence-corrected chi connectivity index (χ2v) is 3.56. The molecule has 0 amide bonds. The molecule has 2 aromatic rings. The van der Waals surface area contributed by atoms with Crippen molar-refractivity contribution in [3.05, 3.63) is 42.2 Å². The van der Waals surface area contributed by atoms with Gasteiger partial charge in [-0.25, -0.2) is 13.9 Å². The standard InChI is InChI=1S/C12H12FN3O2/c13-6-8-18-12(17)11-5-7-16(15-11)10-3-1-9(14)2-4-10/h1-5,7H,6,8,14H2. The summed E-state index contributed by atoms with van der Waals surface area (Å²) in [5.74, 6) is -0.637. The number of anilines is 1. The molecule has 0 aliphatic carbocycles. The average molecular weight is 249 g/mol. The number of rotatable bonds is 4. The average Bonchev–Trinajstić information content (AvgIpc) is 2.86. The number of benzene rings is 1. The molecule has 94 valence electrons. The number of carbonyl (C=O) groups excluding carboxylic acids is 1. The molecule has 18 heavy (non-hydrogen) atoms. The van der Waals surface area contributed by atoms with Crippen LogP contribution in [-0.2, 0) is 4.74 Å². The largest absolute Gasteiger partial charge is 0.458 e. The maximum Gasteiger partial charge on any atom is 0.358 e. The van der Waals surface area contributed by atoms with E-state index in [2.05, 4.69) is 9.84 Å². The molecular weight excluding hydrogens is 237 g/mol. The maximum absolute atomic E-state index is 11.9. The van der Waals surface area contributed by atoms with Crippen molar-refractivity contribution < 1.29 is 13.9 Å². The van der Waals surface area contributed by atoms with Gasteiger partial charge in [-0.05, 0) is 30.3 Å². The van der Waals surface area contributed by atoms with Gasteiger partial charge in [-0.2, -0.15) is 5.10 Å². The Morgan fingerprint density at radius 3 is 2.72 bits per heavy atom. The number of carbonyl (C=O) groups is 1. The highest BCUT2D eigenvalue weighted by Crippen LogP contribution is 2.11. The van der Waals surface area contributed by atoms with Gasteiger partial charge in [-0.1, -0.05) is 0 Å². The number of esters is 1. The second-order valence-electron chi connectivity index (χ2n) is 3.56. The van der Waals surface area contributed by atoms with Crippen LogP contribution in [0.5, 0.6) is 0 Å². The van der Waals surface area contributed by atoms with Gasteiger partial charge >= 0.3 is 5.97 Å². The van der Waals surface area contributed by atoms with Crippen molar-refractivity contribution in [3.63, 3.8) is 0 Å². The number of ether oxygens (including phenoxy) is 1. The summed E-state index contributed by atoms with van der Waals surface area (Å²) >= 11 is 0. The number of hydrogen-bond donors (Lipinski definition) is 1. The van der Waals surface area contributed by atoms with Crippen LogP contribution >= 0.6 is 0 Å². The molecule has 1 aromatic carbocycles. The first-order valence-corrected chi connectivity index (χ1v) is 5.35. The Morgan fingerprint density at radius 1 is 1.33 bits per heavy atom. The molecule has 0 bridgehead atoms. The summed E-state index contributed by atoms with van der Waals surface area (Å²) in [6.07, 6.45) is 1.62. The fraction of sp³-hybridized carbons (Fsp3) is 0.167. The van der Waals surface area contributed by atoms with Crippen molar-refractivity contribution >= 4 is 11.7 Å². The van der Waals surface area contributed by atoms with Gasteiger partial charge in [0.05, 0.1) is 5.69 Å². The molecule has 0 saturated carbocycles. The Bertz CT molecular complexity index is 537. The molecule has 1 heterocycles. The molecule has 1 aromatic heterocycles. The minimum Gasteiger partial charge on any atom is -0.458 e. The summed E-state index contributed by atoms with van der Waals surface area (Å²) in [5.41, 5.74) is 7.13. The number of alkyl halides is 1. The van der Waals surface area contributed by atoms with Crippen LogP contribution in [0.2, 0.25) is 0 Å². The topological polar surface area (TPSA) is 70.1 Å². The van der Waals surface area contributed by atoms with E-state index in [9.17, 15) is 9.18 Å². The minimum absolute atomic E-state index is 0.139. The molecule has 0 radical (unpaired) electrons. The van der Waals surface area contributed by atoms with E-state index in [0.29, 0.717) is 5.69 Å². The summed E-state index contributed by atoms with van der Waals surface area (Å²) in [6.45, 7) is -0.960. The SMILES string of the molecule is Nc1ccc(-n2ccc(C(=O)OCCF)n2)cc1. The highest BCUT2D eigenvalue weighted by atomic mass is 19.1. The van der Waals surface area contributed by atoms with Gasteiger partial charge in [0.1, 0.15) is 13.3 Å². The van der Waals surface area contributed by atoms with E-state index in [4.69, 9.17) is 5.73 Å². The zero-order chi connectivity index (χ0) is 13.0. The summed E-state index contributed by atoms with van der Waals surface area (Å²) in [4.78, 5) is 11.4. The molecular formula is C12H12FN3O2. The summed E-state index contributed by atoms with van der Waals surface area (Å²) in [5, 5.41) is 4.04. The van der Waals surface area contributed by atoms with Gasteiger partial charge < -0.3 is 10.5 Å². The molecule has 0 atom stereocenters. The lowest BCUT2D eigenvalue weighted by atomic mass is 10.3. The van der Waals surface area contributed by atoms with Crippen molar-refractivity contribution in [1.29, 1.82) is 0 Å². The van der Waals surface area contributed by atoms with E-state index in [1.54, 1.807) is 30.5 Å². The highest BCUT2D eigenvalue weighted by molar-refractivity contribution is 5.87. The molecule has 0 aliphatic heterocycles. The third-order valence-corrected chi connectivity index (χ3v) is 2.27. The van der Waals surface area contributed by atoms with Crippen LogP contribution in [0, 0.1) is 0 Å². The van der Waals surface area contributed by atoms with Crippen LogP contribution in [0.4, 0.5) is 10.1 Å². The Kier molecular flexibility index (Phi) is 3.57.